The van der Waals surface area contributed by atoms with E-state index < -0.39 is 12.1 Å². The third-order valence-electron chi connectivity index (χ3n) is 5.91. The minimum absolute atomic E-state index is 0.200. The number of hydrogen-bond acceptors (Lipinski definition) is 4. The Balaban J connectivity index is 1.76. The average molecular weight is 391 g/mol. The second kappa shape index (κ2) is 6.01. The first kappa shape index (κ1) is 17.6. The van der Waals surface area contributed by atoms with Crippen molar-refractivity contribution < 1.29 is 19.8 Å². The number of rotatable bonds is 2. The van der Waals surface area contributed by atoms with Gasteiger partial charge in [0.1, 0.15) is 12.1 Å². The fourth-order valence-electron chi connectivity index (χ4n) is 4.63. The van der Waals surface area contributed by atoms with Crippen LogP contribution in [0.2, 0.25) is 0 Å². The van der Waals surface area contributed by atoms with E-state index in [9.17, 15) is 19.8 Å². The molecule has 7 heteroatoms. The lowest BCUT2D eigenvalue weighted by atomic mass is 9.88. The quantitative estimate of drug-likeness (QED) is 0.461. The number of nitrogens with one attached hydrogen (secondary N) is 1. The molecule has 29 heavy (non-hydrogen) atoms. The lowest BCUT2D eigenvalue weighted by Crippen LogP contribution is -2.44. The minimum Gasteiger partial charge on any atom is -0.504 e. The van der Waals surface area contributed by atoms with Crippen LogP contribution < -0.4 is 0 Å². The van der Waals surface area contributed by atoms with E-state index in [0.29, 0.717) is 12.0 Å². The van der Waals surface area contributed by atoms with Crippen molar-refractivity contribution in [3.8, 4) is 11.5 Å². The maximum Gasteiger partial charge on any atom is 0.328 e. The fourth-order valence-corrected chi connectivity index (χ4v) is 4.63. The van der Waals surface area contributed by atoms with Crippen LogP contribution in [0.15, 0.2) is 42.5 Å². The molecule has 2 aliphatic heterocycles. The largest absolute Gasteiger partial charge is 0.504 e. The minimum atomic E-state index is -0.599. The Morgan fingerprint density at radius 1 is 1.07 bits per heavy atom. The Bertz CT molecular complexity index is 1170. The zero-order chi connectivity index (χ0) is 20.4. The summed E-state index contributed by atoms with van der Waals surface area (Å²) in [6, 6.07) is 10.6. The zero-order valence-corrected chi connectivity index (χ0v) is 16.1. The van der Waals surface area contributed by atoms with E-state index in [1.54, 1.807) is 11.0 Å². The van der Waals surface area contributed by atoms with Crippen molar-refractivity contribution in [3.05, 3.63) is 59.3 Å². The summed E-state index contributed by atoms with van der Waals surface area (Å²) in [5.74, 6) is -0.694. The fraction of sp³-hybridized carbons (Fsp3) is 0.273. The Morgan fingerprint density at radius 2 is 1.83 bits per heavy atom. The molecule has 3 N–H and O–H groups in total. The van der Waals surface area contributed by atoms with E-state index in [0.717, 1.165) is 22.2 Å². The predicted octanol–water partition coefficient (Wildman–Crippen LogP) is 3.27. The zero-order valence-electron chi connectivity index (χ0n) is 16.1. The highest BCUT2D eigenvalue weighted by Crippen LogP contribution is 2.45. The molecule has 1 saturated heterocycles. The number of aromatic nitrogens is 1. The number of benzene rings is 2. The van der Waals surface area contributed by atoms with Crippen LogP contribution >= 0.6 is 0 Å². The standard InChI is InChI=1S/C22H21N3O4/c1-11(2)24-21(28)16-10-14-13-5-3-4-6-15(13)23-19(14)20(25(16)22(24)29)12-7-8-17(26)18(27)9-12/h3-9,11,16,20,23,26-27H,10H2,1-2H3/t16-,20+/m0/s1. The number of para-hydroxylation sites is 1. The summed E-state index contributed by atoms with van der Waals surface area (Å²) in [7, 11) is 0. The number of nitrogens with zero attached hydrogens (tertiary/aromatic N) is 2. The summed E-state index contributed by atoms with van der Waals surface area (Å²) in [5.41, 5.74) is 3.40. The smallest absolute Gasteiger partial charge is 0.328 e. The predicted molar refractivity (Wildman–Crippen MR) is 107 cm³/mol. The van der Waals surface area contributed by atoms with Gasteiger partial charge in [-0.15, -0.1) is 0 Å². The van der Waals surface area contributed by atoms with E-state index in [-0.39, 0.29) is 29.5 Å². The SMILES string of the molecule is CC(C)N1C(=O)[C@@H]2Cc3c([nH]c4ccccc34)[C@@H](c3ccc(O)c(O)c3)N2C1=O. The van der Waals surface area contributed by atoms with E-state index >= 15 is 0 Å². The Kier molecular flexibility index (Phi) is 3.65. The molecule has 0 spiro atoms. The first-order valence-electron chi connectivity index (χ1n) is 9.65. The summed E-state index contributed by atoms with van der Waals surface area (Å²) in [4.78, 5) is 32.7. The molecule has 2 aliphatic rings. The van der Waals surface area contributed by atoms with E-state index in [2.05, 4.69) is 4.98 Å². The number of urea groups is 1. The molecule has 3 aromatic rings. The third kappa shape index (κ3) is 2.36. The van der Waals surface area contributed by atoms with Crippen molar-refractivity contribution in [1.82, 2.24) is 14.8 Å². The molecule has 2 atom stereocenters. The summed E-state index contributed by atoms with van der Waals surface area (Å²) < 4.78 is 0. The van der Waals surface area contributed by atoms with Crippen LogP contribution in [0.1, 0.15) is 36.7 Å². The van der Waals surface area contributed by atoms with Crippen molar-refractivity contribution in [1.29, 1.82) is 0 Å². The van der Waals surface area contributed by atoms with Crippen molar-refractivity contribution in [2.45, 2.75) is 38.4 Å². The number of carbonyl (C=O) groups excluding carboxylic acids is 2. The maximum absolute atomic E-state index is 13.3. The van der Waals surface area contributed by atoms with Gasteiger partial charge in [0.05, 0.1) is 0 Å². The van der Waals surface area contributed by atoms with Crippen molar-refractivity contribution >= 4 is 22.8 Å². The summed E-state index contributed by atoms with van der Waals surface area (Å²) >= 11 is 0. The summed E-state index contributed by atoms with van der Waals surface area (Å²) in [5, 5.41) is 20.8. The van der Waals surface area contributed by atoms with Gasteiger partial charge < -0.3 is 15.2 Å². The van der Waals surface area contributed by atoms with Gasteiger partial charge in [0.2, 0.25) is 0 Å². The number of fused-ring (bicyclic) bond motifs is 4. The van der Waals surface area contributed by atoms with Crippen LogP contribution in [0.25, 0.3) is 10.9 Å². The number of aromatic amines is 1. The number of phenols is 2. The second-order valence-electron chi connectivity index (χ2n) is 7.93. The molecular weight excluding hydrogens is 370 g/mol. The molecule has 1 aromatic heterocycles. The van der Waals surface area contributed by atoms with Crippen LogP contribution in [-0.2, 0) is 11.2 Å². The van der Waals surface area contributed by atoms with Gasteiger partial charge in [0.25, 0.3) is 5.91 Å². The summed E-state index contributed by atoms with van der Waals surface area (Å²) in [6.07, 6.45) is 0.438. The Hall–Kier alpha value is -3.48. The van der Waals surface area contributed by atoms with Gasteiger partial charge in [-0.25, -0.2) is 4.79 Å². The van der Waals surface area contributed by atoms with E-state index in [1.165, 1.54) is 17.0 Å². The molecule has 148 valence electrons. The molecule has 1 fully saturated rings. The van der Waals surface area contributed by atoms with Gasteiger partial charge in [-0.2, -0.15) is 0 Å². The highest BCUT2D eigenvalue weighted by Gasteiger charge is 2.53. The van der Waals surface area contributed by atoms with Gasteiger partial charge in [0, 0.05) is 29.1 Å². The van der Waals surface area contributed by atoms with Gasteiger partial charge in [-0.3, -0.25) is 14.6 Å². The van der Waals surface area contributed by atoms with Crippen molar-refractivity contribution in [3.63, 3.8) is 0 Å². The Labute approximate surface area is 167 Å². The lowest BCUT2D eigenvalue weighted by molar-refractivity contribution is -0.129. The number of imide groups is 1. The molecule has 0 unspecified atom stereocenters. The number of hydrogen-bond donors (Lipinski definition) is 3. The van der Waals surface area contributed by atoms with Gasteiger partial charge in [-0.1, -0.05) is 24.3 Å². The van der Waals surface area contributed by atoms with Crippen LogP contribution in [0.4, 0.5) is 4.79 Å². The molecule has 7 nitrogen and oxygen atoms in total. The molecule has 0 radical (unpaired) electrons. The number of H-pyrrole nitrogens is 1. The monoisotopic (exact) mass is 391 g/mol. The number of carbonyl (C=O) groups is 2. The first-order chi connectivity index (χ1) is 13.9. The van der Waals surface area contributed by atoms with Gasteiger partial charge in [0.15, 0.2) is 11.5 Å². The van der Waals surface area contributed by atoms with E-state index in [4.69, 9.17) is 0 Å². The third-order valence-corrected chi connectivity index (χ3v) is 5.91. The number of amides is 3. The highest BCUT2D eigenvalue weighted by atomic mass is 16.3. The first-order valence-corrected chi connectivity index (χ1v) is 9.65. The number of aromatic hydroxyl groups is 2. The van der Waals surface area contributed by atoms with Gasteiger partial charge >= 0.3 is 6.03 Å². The van der Waals surface area contributed by atoms with Gasteiger partial charge in [-0.05, 0) is 43.2 Å². The topological polar surface area (TPSA) is 96.9 Å². The molecule has 0 aliphatic carbocycles. The average Bonchev–Trinajstić information content (AvgIpc) is 3.18. The molecule has 2 aromatic carbocycles. The maximum atomic E-state index is 13.3. The summed E-state index contributed by atoms with van der Waals surface area (Å²) in [6.45, 7) is 3.65. The van der Waals surface area contributed by atoms with Crippen molar-refractivity contribution in [2.24, 2.45) is 0 Å². The lowest BCUT2D eigenvalue weighted by Gasteiger charge is -2.36. The molecule has 5 rings (SSSR count). The molecular formula is C22H21N3O4. The van der Waals surface area contributed by atoms with E-state index in [1.807, 2.05) is 38.1 Å². The van der Waals surface area contributed by atoms with Crippen LogP contribution in [0.3, 0.4) is 0 Å². The molecule has 0 saturated carbocycles. The second-order valence-corrected chi connectivity index (χ2v) is 7.93. The Morgan fingerprint density at radius 3 is 2.55 bits per heavy atom. The van der Waals surface area contributed by atoms with Crippen LogP contribution in [0.5, 0.6) is 11.5 Å². The molecule has 0 bridgehead atoms. The molecule has 3 amide bonds. The van der Waals surface area contributed by atoms with Crippen LogP contribution in [-0.4, -0.2) is 49.0 Å². The van der Waals surface area contributed by atoms with Crippen molar-refractivity contribution in [2.75, 3.05) is 0 Å². The van der Waals surface area contributed by atoms with Crippen LogP contribution in [0, 0.1) is 0 Å². The normalized spacial score (nSPS) is 21.2. The number of phenolic OH excluding ortho intramolecular Hbond substituents is 2. The highest BCUT2D eigenvalue weighted by molar-refractivity contribution is 6.06. The molecule has 3 heterocycles.